The van der Waals surface area contributed by atoms with Crippen LogP contribution >= 0.6 is 0 Å². The molecule has 0 aliphatic rings. The largest absolute Gasteiger partial charge is 0.573 e. The van der Waals surface area contributed by atoms with Gasteiger partial charge in [-0.05, 0) is 43.2 Å². The highest BCUT2D eigenvalue weighted by Gasteiger charge is 2.30. The number of aromatic nitrogens is 1. The molecule has 1 aromatic carbocycles. The predicted octanol–water partition coefficient (Wildman–Crippen LogP) is 4.46. The lowest BCUT2D eigenvalue weighted by Crippen LogP contribution is -2.17. The van der Waals surface area contributed by atoms with Crippen molar-refractivity contribution in [3.8, 4) is 5.75 Å². The molecule has 0 radical (unpaired) electrons. The molecule has 112 valence electrons. The summed E-state index contributed by atoms with van der Waals surface area (Å²) in [6.45, 7) is 3.86. The molecule has 3 nitrogen and oxygen atoms in total. The zero-order valence-electron chi connectivity index (χ0n) is 11.6. The minimum atomic E-state index is -4.67. The Bertz CT molecular complexity index is 597. The van der Waals surface area contributed by atoms with Crippen molar-refractivity contribution in [3.05, 3.63) is 53.9 Å². The molecular formula is C15H15F3N2O. The van der Waals surface area contributed by atoms with Gasteiger partial charge in [-0.2, -0.15) is 0 Å². The molecule has 2 rings (SSSR count). The van der Waals surface area contributed by atoms with E-state index in [2.05, 4.69) is 15.0 Å². The van der Waals surface area contributed by atoms with Crippen LogP contribution in [-0.4, -0.2) is 11.3 Å². The summed E-state index contributed by atoms with van der Waals surface area (Å²) in [5, 5.41) is 3.24. The van der Waals surface area contributed by atoms with Crippen LogP contribution in [0.25, 0.3) is 0 Å². The highest BCUT2D eigenvalue weighted by Crippen LogP contribution is 2.25. The molecule has 1 N–H and O–H groups in total. The number of nitrogens with zero attached hydrogens (tertiary/aromatic N) is 1. The summed E-state index contributed by atoms with van der Waals surface area (Å²) in [6.07, 6.45) is -1.22. The molecule has 0 amide bonds. The first-order chi connectivity index (χ1) is 9.83. The van der Waals surface area contributed by atoms with Gasteiger partial charge in [0.2, 0.25) is 0 Å². The summed E-state index contributed by atoms with van der Waals surface area (Å²) in [4.78, 5) is 4.08. The topological polar surface area (TPSA) is 34.2 Å². The second-order valence-electron chi connectivity index (χ2n) is 4.73. The lowest BCUT2D eigenvalue weighted by atomic mass is 10.1. The number of hydrogen-bond donors (Lipinski definition) is 1. The molecule has 0 aliphatic heterocycles. The number of anilines is 1. The second kappa shape index (κ2) is 6.03. The minimum Gasteiger partial charge on any atom is -0.406 e. The first-order valence-corrected chi connectivity index (χ1v) is 6.37. The number of nitrogens with one attached hydrogen (secondary N) is 1. The number of hydrogen-bond acceptors (Lipinski definition) is 3. The van der Waals surface area contributed by atoms with Crippen molar-refractivity contribution < 1.29 is 17.9 Å². The fourth-order valence-corrected chi connectivity index (χ4v) is 1.93. The van der Waals surface area contributed by atoms with Crippen molar-refractivity contribution in [3.63, 3.8) is 0 Å². The summed E-state index contributed by atoms with van der Waals surface area (Å²) in [6, 6.07) is 7.69. The molecule has 0 saturated carbocycles. The Labute approximate surface area is 120 Å². The van der Waals surface area contributed by atoms with Crippen LogP contribution in [0.4, 0.5) is 18.9 Å². The molecular weight excluding hydrogens is 281 g/mol. The maximum atomic E-state index is 12.1. The van der Waals surface area contributed by atoms with Gasteiger partial charge in [0.25, 0.3) is 0 Å². The Balaban J connectivity index is 2.04. The summed E-state index contributed by atoms with van der Waals surface area (Å²) in [7, 11) is 0. The highest BCUT2D eigenvalue weighted by atomic mass is 19.4. The molecule has 0 saturated heterocycles. The molecule has 6 heteroatoms. The van der Waals surface area contributed by atoms with Gasteiger partial charge in [0.1, 0.15) is 5.75 Å². The Morgan fingerprint density at radius 1 is 1.14 bits per heavy atom. The van der Waals surface area contributed by atoms with Crippen molar-refractivity contribution >= 4 is 5.69 Å². The summed E-state index contributed by atoms with van der Waals surface area (Å²) >= 11 is 0. The number of aryl methyl sites for hydroxylation is 1. The maximum absolute atomic E-state index is 12.1. The molecule has 0 spiro atoms. The van der Waals surface area contributed by atoms with Crippen LogP contribution in [0.5, 0.6) is 5.75 Å². The van der Waals surface area contributed by atoms with Crippen LogP contribution in [0.1, 0.15) is 24.1 Å². The van der Waals surface area contributed by atoms with Crippen LogP contribution in [0.15, 0.2) is 42.7 Å². The van der Waals surface area contributed by atoms with E-state index in [1.54, 1.807) is 24.5 Å². The molecule has 21 heavy (non-hydrogen) atoms. The molecule has 1 heterocycles. The van der Waals surface area contributed by atoms with Crippen molar-refractivity contribution in [1.82, 2.24) is 4.98 Å². The second-order valence-corrected chi connectivity index (χ2v) is 4.73. The third-order valence-corrected chi connectivity index (χ3v) is 2.87. The Morgan fingerprint density at radius 2 is 1.81 bits per heavy atom. The third kappa shape index (κ3) is 4.66. The molecule has 0 fully saturated rings. The first kappa shape index (κ1) is 15.2. The zero-order chi connectivity index (χ0) is 15.5. The molecule has 2 aromatic rings. The van der Waals surface area contributed by atoms with E-state index < -0.39 is 6.36 Å². The molecule has 1 aromatic heterocycles. The van der Waals surface area contributed by atoms with Gasteiger partial charge in [-0.25, -0.2) is 0 Å². The van der Waals surface area contributed by atoms with Gasteiger partial charge < -0.3 is 10.1 Å². The quantitative estimate of drug-likeness (QED) is 0.904. The van der Waals surface area contributed by atoms with E-state index in [0.717, 1.165) is 16.8 Å². The van der Waals surface area contributed by atoms with Crippen LogP contribution in [0.2, 0.25) is 0 Å². The van der Waals surface area contributed by atoms with Gasteiger partial charge in [0.05, 0.1) is 5.69 Å². The lowest BCUT2D eigenvalue weighted by Gasteiger charge is -2.16. The number of alkyl halides is 3. The Hall–Kier alpha value is -2.24. The van der Waals surface area contributed by atoms with E-state index in [-0.39, 0.29) is 11.8 Å². The van der Waals surface area contributed by atoms with Crippen LogP contribution in [0, 0.1) is 6.92 Å². The summed E-state index contributed by atoms with van der Waals surface area (Å²) in [5.41, 5.74) is 2.74. The smallest absolute Gasteiger partial charge is 0.406 e. The fraction of sp³-hybridized carbons (Fsp3) is 0.267. The van der Waals surface area contributed by atoms with Crippen molar-refractivity contribution in [1.29, 1.82) is 0 Å². The standard InChI is InChI=1S/C15H15F3N2O/c1-10-7-13(9-19-8-10)20-11(2)12-3-5-14(6-4-12)21-15(16,17)18/h3-9,11,20H,1-2H3. The molecule has 0 bridgehead atoms. The van der Waals surface area contributed by atoms with E-state index in [9.17, 15) is 13.2 Å². The fourth-order valence-electron chi connectivity index (χ4n) is 1.93. The van der Waals surface area contributed by atoms with E-state index in [0.29, 0.717) is 0 Å². The van der Waals surface area contributed by atoms with Crippen molar-refractivity contribution in [2.24, 2.45) is 0 Å². The predicted molar refractivity (Wildman–Crippen MR) is 74.1 cm³/mol. The van der Waals surface area contributed by atoms with E-state index in [1.165, 1.54) is 12.1 Å². The third-order valence-electron chi connectivity index (χ3n) is 2.87. The summed E-state index contributed by atoms with van der Waals surface area (Å²) < 4.78 is 40.1. The molecule has 1 unspecified atom stereocenters. The van der Waals surface area contributed by atoms with Gasteiger partial charge in [-0.3, -0.25) is 4.98 Å². The minimum absolute atomic E-state index is 0.0615. The van der Waals surface area contributed by atoms with Gasteiger partial charge in [-0.1, -0.05) is 12.1 Å². The Morgan fingerprint density at radius 3 is 2.38 bits per heavy atom. The van der Waals surface area contributed by atoms with Gasteiger partial charge >= 0.3 is 6.36 Å². The monoisotopic (exact) mass is 296 g/mol. The maximum Gasteiger partial charge on any atom is 0.573 e. The number of pyridine rings is 1. The number of benzene rings is 1. The normalized spacial score (nSPS) is 12.8. The lowest BCUT2D eigenvalue weighted by molar-refractivity contribution is -0.274. The highest BCUT2D eigenvalue weighted by molar-refractivity contribution is 5.45. The van der Waals surface area contributed by atoms with E-state index in [4.69, 9.17) is 0 Å². The van der Waals surface area contributed by atoms with Crippen LogP contribution in [-0.2, 0) is 0 Å². The SMILES string of the molecule is Cc1cncc(NC(C)c2ccc(OC(F)(F)F)cc2)c1. The average Bonchev–Trinajstić information content (AvgIpc) is 2.37. The number of halogens is 3. The van der Waals surface area contributed by atoms with Crippen molar-refractivity contribution in [2.45, 2.75) is 26.3 Å². The van der Waals surface area contributed by atoms with Crippen LogP contribution in [0.3, 0.4) is 0 Å². The summed E-state index contributed by atoms with van der Waals surface area (Å²) in [5.74, 6) is -0.226. The van der Waals surface area contributed by atoms with Gasteiger partial charge in [-0.15, -0.1) is 13.2 Å². The average molecular weight is 296 g/mol. The van der Waals surface area contributed by atoms with Gasteiger partial charge in [0.15, 0.2) is 0 Å². The molecule has 0 aliphatic carbocycles. The first-order valence-electron chi connectivity index (χ1n) is 6.37. The molecule has 1 atom stereocenters. The van der Waals surface area contributed by atoms with E-state index >= 15 is 0 Å². The zero-order valence-corrected chi connectivity index (χ0v) is 11.6. The number of rotatable bonds is 4. The van der Waals surface area contributed by atoms with Crippen LogP contribution < -0.4 is 10.1 Å². The van der Waals surface area contributed by atoms with Crippen molar-refractivity contribution in [2.75, 3.05) is 5.32 Å². The van der Waals surface area contributed by atoms with E-state index in [1.807, 2.05) is 19.9 Å². The Kier molecular flexibility index (Phi) is 4.35. The van der Waals surface area contributed by atoms with Gasteiger partial charge in [0, 0.05) is 18.4 Å². The number of ether oxygens (including phenoxy) is 1.